The summed E-state index contributed by atoms with van der Waals surface area (Å²) in [5, 5.41) is 25.1. The molecule has 0 aliphatic rings. The Balaban J connectivity index is 3.81. The highest BCUT2D eigenvalue weighted by atomic mass is 16.4. The van der Waals surface area contributed by atoms with Gasteiger partial charge in [-0.3, -0.25) is 21.0 Å². The highest BCUT2D eigenvalue weighted by molar-refractivity contribution is 5.76. The van der Waals surface area contributed by atoms with Crippen LogP contribution in [0.25, 0.3) is 0 Å². The van der Waals surface area contributed by atoms with Crippen molar-refractivity contribution < 1.29 is 9.90 Å². The summed E-state index contributed by atoms with van der Waals surface area (Å²) >= 11 is 0. The molecular weight excluding hydrogens is 216 g/mol. The minimum absolute atomic E-state index is 0.151. The number of carboxylic acid groups (broad SMARTS) is 1. The van der Waals surface area contributed by atoms with Gasteiger partial charge in [0.2, 0.25) is 0 Å². The molecule has 9 nitrogen and oxygen atoms in total. The number of hydrazine groups is 1. The van der Waals surface area contributed by atoms with E-state index in [4.69, 9.17) is 27.4 Å². The highest BCUT2D eigenvalue weighted by Gasteiger charge is 2.16. The van der Waals surface area contributed by atoms with Crippen molar-refractivity contribution in [1.29, 1.82) is 10.8 Å². The van der Waals surface area contributed by atoms with E-state index in [-0.39, 0.29) is 11.9 Å². The Morgan fingerprint density at radius 2 is 1.94 bits per heavy atom. The standard InChI is InChI=1S/C7H17N7O2/c8-6(9)12-3-1-2-4(5(15)16)13-14-7(10)11/h4,13H,1-3H2,(H,15,16)(H4,8,9,12)(H4,10,11,14)/t4-/m0/s1/i10+1,14+1. The third-order valence-electron chi connectivity index (χ3n) is 1.66. The summed E-state index contributed by atoms with van der Waals surface area (Å²) in [4.78, 5) is 10.7. The van der Waals surface area contributed by atoms with E-state index in [1.54, 1.807) is 0 Å². The van der Waals surface area contributed by atoms with Crippen LogP contribution in [0.3, 0.4) is 0 Å². The molecule has 1 atom stereocenters. The molecule has 0 aromatic heterocycles. The average molecular weight is 233 g/mol. The van der Waals surface area contributed by atoms with E-state index < -0.39 is 12.0 Å². The minimum Gasteiger partial charge on any atom is -0.480 e. The smallest absolute Gasteiger partial charge is 0.322 e. The number of hydrogen-bond donors (Lipinski definition) is 8. The second kappa shape index (κ2) is 7.29. The first-order chi connectivity index (χ1) is 7.43. The zero-order chi connectivity index (χ0) is 12.6. The molecule has 9 heteroatoms. The molecule has 0 aromatic carbocycles. The Hall–Kier alpha value is -2.03. The number of aliphatic carboxylic acids is 1. The van der Waals surface area contributed by atoms with Gasteiger partial charge in [-0.1, -0.05) is 0 Å². The Morgan fingerprint density at radius 3 is 2.38 bits per heavy atom. The third-order valence-corrected chi connectivity index (χ3v) is 1.66. The number of nitrogens with one attached hydrogen (secondary N) is 5. The van der Waals surface area contributed by atoms with Crippen molar-refractivity contribution in [2.24, 2.45) is 11.5 Å². The molecule has 0 aromatic rings. The Kier molecular flexibility index (Phi) is 6.36. The zero-order valence-electron chi connectivity index (χ0n) is 8.71. The van der Waals surface area contributed by atoms with Crippen LogP contribution in [0, 0.1) is 10.8 Å². The number of guanidine groups is 2. The molecule has 0 heterocycles. The van der Waals surface area contributed by atoms with E-state index >= 15 is 0 Å². The Morgan fingerprint density at radius 1 is 1.31 bits per heavy atom. The fourth-order valence-corrected chi connectivity index (χ4v) is 0.951. The number of nitrogens with two attached hydrogens (primary N) is 2. The van der Waals surface area contributed by atoms with Crippen LogP contribution < -0.4 is 27.6 Å². The minimum atomic E-state index is -1.04. The van der Waals surface area contributed by atoms with E-state index in [1.807, 2.05) is 0 Å². The Bertz CT molecular complexity index is 267. The van der Waals surface area contributed by atoms with Crippen molar-refractivity contribution in [3.63, 3.8) is 0 Å². The van der Waals surface area contributed by atoms with Crippen LogP contribution in [0.2, 0.25) is 0 Å². The number of carbonyl (C=O) groups is 1. The fraction of sp³-hybridized carbons (Fsp3) is 0.571. The summed E-state index contributed by atoms with van der Waals surface area (Å²) in [5.74, 6) is -1.55. The summed E-state index contributed by atoms with van der Waals surface area (Å²) in [5.41, 5.74) is 14.7. The summed E-state index contributed by atoms with van der Waals surface area (Å²) in [7, 11) is 0. The topological polar surface area (TPSA) is 173 Å². The SMILES string of the molecule is N=C(N)NCCC[C@H](N[15NH]C(N)=[15NH])C(=O)O. The van der Waals surface area contributed by atoms with E-state index in [9.17, 15) is 4.79 Å². The monoisotopic (exact) mass is 233 g/mol. The van der Waals surface area contributed by atoms with E-state index in [2.05, 4.69) is 16.2 Å². The Labute approximate surface area is 92.6 Å². The van der Waals surface area contributed by atoms with Crippen LogP contribution in [0.1, 0.15) is 12.8 Å². The molecule has 0 aliphatic heterocycles. The molecule has 0 spiro atoms. The van der Waals surface area contributed by atoms with Gasteiger partial charge in [0.15, 0.2) is 11.9 Å². The predicted octanol–water partition coefficient (Wildman–Crippen LogP) is -2.31. The molecule has 0 saturated heterocycles. The average Bonchev–Trinajstić information content (AvgIpc) is 2.15. The van der Waals surface area contributed by atoms with Crippen LogP contribution in [0.4, 0.5) is 0 Å². The van der Waals surface area contributed by atoms with Gasteiger partial charge < -0.3 is 21.9 Å². The molecule has 16 heavy (non-hydrogen) atoms. The van der Waals surface area contributed by atoms with Gasteiger partial charge in [-0.25, -0.2) is 5.43 Å². The lowest BCUT2D eigenvalue weighted by Crippen LogP contribution is -2.50. The van der Waals surface area contributed by atoms with Crippen molar-refractivity contribution in [1.82, 2.24) is 16.2 Å². The lowest BCUT2D eigenvalue weighted by Gasteiger charge is -2.15. The molecule has 0 bridgehead atoms. The van der Waals surface area contributed by atoms with Gasteiger partial charge >= 0.3 is 5.97 Å². The first-order valence-corrected chi connectivity index (χ1v) is 4.59. The molecule has 0 radical (unpaired) electrons. The van der Waals surface area contributed by atoms with Gasteiger partial charge in [-0.15, -0.1) is 0 Å². The molecule has 0 amide bonds. The predicted molar refractivity (Wildman–Crippen MR) is 58.8 cm³/mol. The molecule has 0 saturated carbocycles. The van der Waals surface area contributed by atoms with Crippen molar-refractivity contribution in [3.05, 3.63) is 0 Å². The summed E-state index contributed by atoms with van der Waals surface area (Å²) < 4.78 is 0. The van der Waals surface area contributed by atoms with Gasteiger partial charge in [-0.05, 0) is 12.8 Å². The van der Waals surface area contributed by atoms with Crippen LogP contribution in [-0.2, 0) is 4.79 Å². The third kappa shape index (κ3) is 7.38. The maximum absolute atomic E-state index is 10.7. The normalized spacial score (nSPS) is 11.5. The van der Waals surface area contributed by atoms with Crippen LogP contribution >= 0.6 is 0 Å². The van der Waals surface area contributed by atoms with Gasteiger partial charge in [0.25, 0.3) is 0 Å². The lowest BCUT2D eigenvalue weighted by molar-refractivity contribution is -0.139. The van der Waals surface area contributed by atoms with Crippen LogP contribution in [-0.4, -0.2) is 35.6 Å². The number of rotatable bonds is 7. The van der Waals surface area contributed by atoms with E-state index in [1.165, 1.54) is 0 Å². The number of hydrogen-bond acceptors (Lipinski definition) is 4. The summed E-state index contributed by atoms with van der Waals surface area (Å²) in [6.45, 7) is 0.418. The number of carboxylic acids is 1. The first kappa shape index (κ1) is 14.0. The van der Waals surface area contributed by atoms with Gasteiger partial charge in [0, 0.05) is 6.54 Å². The second-order valence-corrected chi connectivity index (χ2v) is 3.06. The van der Waals surface area contributed by atoms with Crippen LogP contribution in [0.15, 0.2) is 0 Å². The van der Waals surface area contributed by atoms with Gasteiger partial charge in [0.1, 0.15) is 6.04 Å². The maximum atomic E-state index is 10.7. The quantitative estimate of drug-likeness (QED) is 0.0801. The largest absolute Gasteiger partial charge is 0.480 e. The molecular formula is C7H17N7O2. The summed E-state index contributed by atoms with van der Waals surface area (Å²) in [6.07, 6.45) is 0.832. The first-order valence-electron chi connectivity index (χ1n) is 4.59. The van der Waals surface area contributed by atoms with Crippen molar-refractivity contribution >= 4 is 17.9 Å². The maximum Gasteiger partial charge on any atom is 0.322 e. The van der Waals surface area contributed by atoms with Crippen molar-refractivity contribution in [3.8, 4) is 0 Å². The van der Waals surface area contributed by atoms with Crippen molar-refractivity contribution in [2.75, 3.05) is 6.54 Å². The fourth-order valence-electron chi connectivity index (χ4n) is 0.951. The molecule has 0 fully saturated rings. The van der Waals surface area contributed by atoms with E-state index in [0.29, 0.717) is 19.4 Å². The molecule has 10 N–H and O–H groups in total. The van der Waals surface area contributed by atoms with Gasteiger partial charge in [-0.2, -0.15) is 0 Å². The lowest BCUT2D eigenvalue weighted by atomic mass is 10.2. The molecule has 0 aliphatic carbocycles. The van der Waals surface area contributed by atoms with Gasteiger partial charge in [0.05, 0.1) is 0 Å². The molecule has 92 valence electrons. The van der Waals surface area contributed by atoms with E-state index in [0.717, 1.165) is 0 Å². The molecule has 0 unspecified atom stereocenters. The van der Waals surface area contributed by atoms with Crippen molar-refractivity contribution in [2.45, 2.75) is 18.9 Å². The molecule has 0 rings (SSSR count). The second-order valence-electron chi connectivity index (χ2n) is 3.06. The summed E-state index contributed by atoms with van der Waals surface area (Å²) in [6, 6.07) is -0.849. The highest BCUT2D eigenvalue weighted by Crippen LogP contribution is 1.95. The van der Waals surface area contributed by atoms with Crippen LogP contribution in [0.5, 0.6) is 0 Å². The zero-order valence-corrected chi connectivity index (χ0v) is 8.71.